The van der Waals surface area contributed by atoms with E-state index in [2.05, 4.69) is 13.8 Å². The van der Waals surface area contributed by atoms with E-state index in [9.17, 15) is 0 Å². The molecule has 0 unspecified atom stereocenters. The van der Waals surface area contributed by atoms with Crippen LogP contribution in [0.15, 0.2) is 0 Å². The minimum Gasteiger partial charge on any atom is -0.378 e. The topological polar surface area (TPSA) is 9.23 Å². The average Bonchev–Trinajstić information content (AvgIpc) is 1.88. The smallest absolute Gasteiger partial charge is 0.0589 e. The van der Waals surface area contributed by atoms with Crippen LogP contribution in [-0.4, -0.2) is 18.1 Å². The molecule has 2 heteroatoms. The second-order valence-corrected chi connectivity index (χ2v) is 3.51. The molecule has 0 radical (unpaired) electrons. The van der Waals surface area contributed by atoms with Crippen molar-refractivity contribution in [2.24, 2.45) is 5.92 Å². The zero-order chi connectivity index (χ0) is 7.56. The molecule has 1 aliphatic rings. The summed E-state index contributed by atoms with van der Waals surface area (Å²) < 4.78 is 5.47. The van der Waals surface area contributed by atoms with Crippen LogP contribution >= 0.6 is 11.6 Å². The van der Waals surface area contributed by atoms with Crippen LogP contribution in [0, 0.1) is 5.92 Å². The molecule has 3 atom stereocenters. The molecule has 0 aromatic carbocycles. The predicted molar refractivity (Wildman–Crippen MR) is 43.5 cm³/mol. The van der Waals surface area contributed by atoms with Crippen LogP contribution in [0.1, 0.15) is 26.7 Å². The molecule has 0 aliphatic carbocycles. The van der Waals surface area contributed by atoms with Gasteiger partial charge in [-0.2, -0.15) is 0 Å². The lowest BCUT2D eigenvalue weighted by molar-refractivity contribution is -0.0128. The number of rotatable bonds is 1. The van der Waals surface area contributed by atoms with Crippen LogP contribution in [-0.2, 0) is 4.74 Å². The van der Waals surface area contributed by atoms with Crippen molar-refractivity contribution >= 4 is 11.6 Å². The second kappa shape index (κ2) is 3.59. The van der Waals surface area contributed by atoms with E-state index in [-0.39, 0.29) is 0 Å². The molecule has 0 spiro atoms. The molecule has 1 saturated heterocycles. The largest absolute Gasteiger partial charge is 0.378 e. The van der Waals surface area contributed by atoms with Crippen LogP contribution < -0.4 is 0 Å². The SMILES string of the molecule is CC[C@H]1[C@H](Cl)CCO[C@@H]1C. The maximum absolute atomic E-state index is 6.10. The van der Waals surface area contributed by atoms with E-state index in [0.717, 1.165) is 19.4 Å². The summed E-state index contributed by atoms with van der Waals surface area (Å²) in [5, 5.41) is 0.341. The first-order valence-electron chi connectivity index (χ1n) is 4.01. The van der Waals surface area contributed by atoms with Crippen molar-refractivity contribution in [3.8, 4) is 0 Å². The third-order valence-corrected chi connectivity index (χ3v) is 2.86. The molecule has 0 saturated carbocycles. The number of hydrogen-bond donors (Lipinski definition) is 0. The zero-order valence-electron chi connectivity index (χ0n) is 6.64. The fourth-order valence-electron chi connectivity index (χ4n) is 1.59. The van der Waals surface area contributed by atoms with Crippen molar-refractivity contribution in [2.45, 2.75) is 38.2 Å². The van der Waals surface area contributed by atoms with Gasteiger partial charge in [-0.1, -0.05) is 6.92 Å². The van der Waals surface area contributed by atoms with E-state index in [1.807, 2.05) is 0 Å². The minimum absolute atomic E-state index is 0.341. The van der Waals surface area contributed by atoms with Crippen molar-refractivity contribution in [2.75, 3.05) is 6.61 Å². The number of alkyl halides is 1. The fraction of sp³-hybridized carbons (Fsp3) is 1.00. The molecule has 0 aromatic heterocycles. The minimum atomic E-state index is 0.341. The van der Waals surface area contributed by atoms with E-state index in [0.29, 0.717) is 17.4 Å². The summed E-state index contributed by atoms with van der Waals surface area (Å²) in [5.41, 5.74) is 0. The van der Waals surface area contributed by atoms with Crippen molar-refractivity contribution in [3.05, 3.63) is 0 Å². The summed E-state index contributed by atoms with van der Waals surface area (Å²) in [5.74, 6) is 0.565. The molecule has 0 N–H and O–H groups in total. The number of halogens is 1. The summed E-state index contributed by atoms with van der Waals surface area (Å²) in [4.78, 5) is 0. The van der Waals surface area contributed by atoms with Gasteiger partial charge < -0.3 is 4.74 Å². The Hall–Kier alpha value is 0.250. The lowest BCUT2D eigenvalue weighted by atomic mass is 9.92. The Labute approximate surface area is 67.7 Å². The van der Waals surface area contributed by atoms with E-state index in [1.54, 1.807) is 0 Å². The Kier molecular flexibility index (Phi) is 2.99. The number of ether oxygens (including phenoxy) is 1. The summed E-state index contributed by atoms with van der Waals surface area (Å²) in [7, 11) is 0. The molecule has 0 bridgehead atoms. The van der Waals surface area contributed by atoms with Gasteiger partial charge in [-0.25, -0.2) is 0 Å². The average molecular weight is 163 g/mol. The summed E-state index contributed by atoms with van der Waals surface area (Å²) >= 11 is 6.10. The molecule has 0 amide bonds. The standard InChI is InChI=1S/C8H15ClO/c1-3-7-6(2)10-5-4-8(7)9/h6-8H,3-5H2,1-2H3/t6-,7-,8-/m1/s1. The van der Waals surface area contributed by atoms with E-state index >= 15 is 0 Å². The molecule has 1 heterocycles. The van der Waals surface area contributed by atoms with E-state index < -0.39 is 0 Å². The van der Waals surface area contributed by atoms with Crippen LogP contribution in [0.25, 0.3) is 0 Å². The zero-order valence-corrected chi connectivity index (χ0v) is 7.40. The molecular formula is C8H15ClO. The third kappa shape index (κ3) is 1.64. The van der Waals surface area contributed by atoms with Gasteiger partial charge in [-0.15, -0.1) is 11.6 Å². The number of hydrogen-bond acceptors (Lipinski definition) is 1. The van der Waals surface area contributed by atoms with Gasteiger partial charge in [0.1, 0.15) is 0 Å². The lowest BCUT2D eigenvalue weighted by Gasteiger charge is -2.32. The first-order chi connectivity index (χ1) is 4.75. The molecule has 1 nitrogen and oxygen atoms in total. The predicted octanol–water partition coefficient (Wildman–Crippen LogP) is 2.43. The maximum Gasteiger partial charge on any atom is 0.0589 e. The van der Waals surface area contributed by atoms with Gasteiger partial charge in [0.25, 0.3) is 0 Å². The second-order valence-electron chi connectivity index (χ2n) is 2.95. The van der Waals surface area contributed by atoms with Gasteiger partial charge >= 0.3 is 0 Å². The van der Waals surface area contributed by atoms with Crippen molar-refractivity contribution < 1.29 is 4.74 Å². The van der Waals surface area contributed by atoms with Crippen molar-refractivity contribution in [3.63, 3.8) is 0 Å². The highest BCUT2D eigenvalue weighted by atomic mass is 35.5. The van der Waals surface area contributed by atoms with Crippen LogP contribution in [0.5, 0.6) is 0 Å². The monoisotopic (exact) mass is 162 g/mol. The molecule has 1 rings (SSSR count). The van der Waals surface area contributed by atoms with Gasteiger partial charge in [0.2, 0.25) is 0 Å². The van der Waals surface area contributed by atoms with Gasteiger partial charge in [-0.3, -0.25) is 0 Å². The Morgan fingerprint density at radius 1 is 1.60 bits per heavy atom. The lowest BCUT2D eigenvalue weighted by Crippen LogP contribution is -2.34. The summed E-state index contributed by atoms with van der Waals surface area (Å²) in [6.07, 6.45) is 2.51. The Morgan fingerprint density at radius 3 is 2.70 bits per heavy atom. The van der Waals surface area contributed by atoms with Gasteiger partial charge in [0.05, 0.1) is 6.10 Å². The van der Waals surface area contributed by atoms with Crippen LogP contribution in [0.3, 0.4) is 0 Å². The first-order valence-corrected chi connectivity index (χ1v) is 4.45. The van der Waals surface area contributed by atoms with Gasteiger partial charge in [0, 0.05) is 17.9 Å². The van der Waals surface area contributed by atoms with E-state index in [1.165, 1.54) is 0 Å². The maximum atomic E-state index is 6.10. The summed E-state index contributed by atoms with van der Waals surface area (Å²) in [6, 6.07) is 0. The fourth-order valence-corrected chi connectivity index (χ4v) is 2.06. The first kappa shape index (κ1) is 8.35. The quantitative estimate of drug-likeness (QED) is 0.539. The molecule has 1 aliphatic heterocycles. The van der Waals surface area contributed by atoms with E-state index in [4.69, 9.17) is 16.3 Å². The summed E-state index contributed by atoms with van der Waals surface area (Å²) in [6.45, 7) is 5.12. The Morgan fingerprint density at radius 2 is 2.30 bits per heavy atom. The normalized spacial score (nSPS) is 41.7. The highest BCUT2D eigenvalue weighted by molar-refractivity contribution is 6.20. The third-order valence-electron chi connectivity index (χ3n) is 2.31. The van der Waals surface area contributed by atoms with Crippen molar-refractivity contribution in [1.29, 1.82) is 0 Å². The van der Waals surface area contributed by atoms with Gasteiger partial charge in [0.15, 0.2) is 0 Å². The van der Waals surface area contributed by atoms with Gasteiger partial charge in [-0.05, 0) is 19.8 Å². The molecule has 0 aromatic rings. The molecule has 1 fully saturated rings. The molecular weight excluding hydrogens is 148 g/mol. The molecule has 60 valence electrons. The van der Waals surface area contributed by atoms with Crippen LogP contribution in [0.2, 0.25) is 0 Å². The Bertz CT molecular complexity index is 95.4. The highest BCUT2D eigenvalue weighted by Gasteiger charge is 2.28. The molecule has 10 heavy (non-hydrogen) atoms. The van der Waals surface area contributed by atoms with Crippen LogP contribution in [0.4, 0.5) is 0 Å². The Balaban J connectivity index is 2.45. The van der Waals surface area contributed by atoms with Crippen molar-refractivity contribution in [1.82, 2.24) is 0 Å². The highest BCUT2D eigenvalue weighted by Crippen LogP contribution is 2.27.